The van der Waals surface area contributed by atoms with Crippen LogP contribution >= 0.6 is 12.4 Å². The van der Waals surface area contributed by atoms with Crippen molar-refractivity contribution in [3.63, 3.8) is 0 Å². The van der Waals surface area contributed by atoms with Crippen LogP contribution < -0.4 is 11.1 Å². The van der Waals surface area contributed by atoms with E-state index in [0.29, 0.717) is 5.56 Å². The van der Waals surface area contributed by atoms with Crippen LogP contribution in [0.4, 0.5) is 4.39 Å². The minimum absolute atomic E-state index is 0. The van der Waals surface area contributed by atoms with Crippen molar-refractivity contribution in [3.8, 4) is 0 Å². The second kappa shape index (κ2) is 7.46. The van der Waals surface area contributed by atoms with Crippen LogP contribution in [0.2, 0.25) is 0 Å². The first-order valence-electron chi connectivity index (χ1n) is 6.43. The minimum Gasteiger partial charge on any atom is -0.353 e. The zero-order chi connectivity index (χ0) is 13.0. The van der Waals surface area contributed by atoms with Crippen molar-refractivity contribution >= 4 is 18.3 Å². The topological polar surface area (TPSA) is 55.1 Å². The molecular formula is C14H20ClFN2O. The largest absolute Gasteiger partial charge is 0.353 e. The number of amides is 1. The molecule has 3 nitrogen and oxygen atoms in total. The van der Waals surface area contributed by atoms with Gasteiger partial charge in [0.15, 0.2) is 0 Å². The Morgan fingerprint density at radius 3 is 2.63 bits per heavy atom. The Balaban J connectivity index is 0.00000180. The van der Waals surface area contributed by atoms with Crippen LogP contribution in [0.5, 0.6) is 0 Å². The van der Waals surface area contributed by atoms with Crippen molar-refractivity contribution in [2.45, 2.75) is 44.2 Å². The predicted molar refractivity (Wildman–Crippen MR) is 75.7 cm³/mol. The summed E-state index contributed by atoms with van der Waals surface area (Å²) in [6, 6.07) is 6.67. The van der Waals surface area contributed by atoms with E-state index in [1.165, 1.54) is 12.1 Å². The van der Waals surface area contributed by atoms with Gasteiger partial charge in [0, 0.05) is 12.1 Å². The van der Waals surface area contributed by atoms with E-state index < -0.39 is 0 Å². The molecular weight excluding hydrogens is 267 g/mol. The van der Waals surface area contributed by atoms with Crippen LogP contribution in [0.3, 0.4) is 0 Å². The zero-order valence-electron chi connectivity index (χ0n) is 10.8. The quantitative estimate of drug-likeness (QED) is 0.895. The van der Waals surface area contributed by atoms with Gasteiger partial charge in [-0.25, -0.2) is 4.39 Å². The first-order chi connectivity index (χ1) is 8.63. The van der Waals surface area contributed by atoms with Crippen molar-refractivity contribution in [2.75, 3.05) is 0 Å². The second-order valence-corrected chi connectivity index (χ2v) is 4.99. The van der Waals surface area contributed by atoms with Crippen LogP contribution in [0, 0.1) is 5.82 Å². The molecule has 0 unspecified atom stereocenters. The van der Waals surface area contributed by atoms with Gasteiger partial charge in [0.25, 0.3) is 0 Å². The molecule has 0 saturated heterocycles. The van der Waals surface area contributed by atoms with Gasteiger partial charge in [0.2, 0.25) is 5.91 Å². The summed E-state index contributed by atoms with van der Waals surface area (Å²) in [5.74, 6) is -0.343. The third-order valence-corrected chi connectivity index (χ3v) is 3.39. The Labute approximate surface area is 119 Å². The molecule has 19 heavy (non-hydrogen) atoms. The van der Waals surface area contributed by atoms with Gasteiger partial charge in [-0.3, -0.25) is 4.79 Å². The lowest BCUT2D eigenvalue weighted by molar-refractivity contribution is -0.121. The Hall–Kier alpha value is -1.13. The highest BCUT2D eigenvalue weighted by atomic mass is 35.5. The van der Waals surface area contributed by atoms with Gasteiger partial charge in [-0.15, -0.1) is 12.4 Å². The third kappa shape index (κ3) is 5.17. The van der Waals surface area contributed by atoms with Crippen LogP contribution in [0.1, 0.15) is 31.2 Å². The van der Waals surface area contributed by atoms with Gasteiger partial charge in [-0.05, 0) is 43.4 Å². The van der Waals surface area contributed by atoms with Crippen LogP contribution in [-0.4, -0.2) is 18.0 Å². The van der Waals surface area contributed by atoms with Crippen molar-refractivity contribution in [3.05, 3.63) is 35.6 Å². The van der Waals surface area contributed by atoms with Gasteiger partial charge in [0.1, 0.15) is 5.82 Å². The fourth-order valence-corrected chi connectivity index (χ4v) is 2.37. The summed E-state index contributed by atoms with van der Waals surface area (Å²) in [4.78, 5) is 11.8. The molecule has 0 radical (unpaired) electrons. The molecule has 0 heterocycles. The highest BCUT2D eigenvalue weighted by molar-refractivity contribution is 5.85. The molecule has 0 atom stereocenters. The maximum atomic E-state index is 13.0. The maximum absolute atomic E-state index is 13.0. The molecule has 5 heteroatoms. The lowest BCUT2D eigenvalue weighted by Crippen LogP contribution is -2.41. The molecule has 1 aliphatic rings. The number of hydrogen-bond donors (Lipinski definition) is 2. The van der Waals surface area contributed by atoms with Crippen LogP contribution in [0.25, 0.3) is 0 Å². The summed E-state index contributed by atoms with van der Waals surface area (Å²) in [5.41, 5.74) is 6.52. The third-order valence-electron chi connectivity index (χ3n) is 3.39. The molecule has 0 aliphatic heterocycles. The van der Waals surface area contributed by atoms with E-state index in [0.717, 1.165) is 25.7 Å². The number of hydrogen-bond acceptors (Lipinski definition) is 2. The number of carbonyl (C=O) groups excluding carboxylic acids is 1. The van der Waals surface area contributed by atoms with E-state index in [4.69, 9.17) is 5.73 Å². The summed E-state index contributed by atoms with van der Waals surface area (Å²) >= 11 is 0. The van der Waals surface area contributed by atoms with E-state index in [1.54, 1.807) is 12.1 Å². The molecule has 0 aromatic heterocycles. The molecule has 1 aromatic carbocycles. The lowest BCUT2D eigenvalue weighted by Gasteiger charge is -2.26. The van der Waals surface area contributed by atoms with E-state index in [1.807, 2.05) is 0 Å². The molecule has 106 valence electrons. The molecule has 1 amide bonds. The van der Waals surface area contributed by atoms with Crippen molar-refractivity contribution in [2.24, 2.45) is 5.73 Å². The highest BCUT2D eigenvalue weighted by Crippen LogP contribution is 2.17. The van der Waals surface area contributed by atoms with Gasteiger partial charge in [-0.2, -0.15) is 0 Å². The van der Waals surface area contributed by atoms with E-state index in [2.05, 4.69) is 5.32 Å². The number of nitrogens with two attached hydrogens (primary N) is 1. The van der Waals surface area contributed by atoms with Gasteiger partial charge in [-0.1, -0.05) is 12.1 Å². The summed E-state index contributed by atoms with van der Waals surface area (Å²) in [6.07, 6.45) is 4.04. The Kier molecular flexibility index (Phi) is 6.25. The summed E-state index contributed by atoms with van der Waals surface area (Å²) < 4.78 is 13.0. The molecule has 1 fully saturated rings. The average Bonchev–Trinajstić information content (AvgIpc) is 2.32. The first-order valence-corrected chi connectivity index (χ1v) is 6.43. The van der Waals surface area contributed by atoms with Crippen molar-refractivity contribution < 1.29 is 9.18 Å². The summed E-state index contributed by atoms with van der Waals surface area (Å²) in [7, 11) is 0. The normalized spacial score (nSPS) is 22.4. The molecule has 3 N–H and O–H groups in total. The molecule has 2 rings (SSSR count). The van der Waals surface area contributed by atoms with Gasteiger partial charge in [0.05, 0.1) is 6.42 Å². The van der Waals surface area contributed by atoms with Crippen LogP contribution in [0.15, 0.2) is 24.3 Å². The van der Waals surface area contributed by atoms with Crippen LogP contribution in [-0.2, 0) is 11.2 Å². The summed E-state index contributed by atoms with van der Waals surface area (Å²) in [6.45, 7) is 0. The zero-order valence-corrected chi connectivity index (χ0v) is 11.6. The average molecular weight is 287 g/mol. The van der Waals surface area contributed by atoms with Gasteiger partial charge < -0.3 is 11.1 Å². The molecule has 1 saturated carbocycles. The van der Waals surface area contributed by atoms with Crippen molar-refractivity contribution in [1.29, 1.82) is 0 Å². The Bertz CT molecular complexity index is 420. The minimum atomic E-state index is -0.302. The summed E-state index contributed by atoms with van der Waals surface area (Å²) in [5, 5.41) is 2.99. The van der Waals surface area contributed by atoms with E-state index in [9.17, 15) is 9.18 Å². The lowest BCUT2D eigenvalue weighted by atomic mass is 9.91. The molecule has 1 aliphatic carbocycles. The number of carbonyl (C=O) groups is 1. The smallest absolute Gasteiger partial charge is 0.224 e. The molecule has 1 aromatic rings. The van der Waals surface area contributed by atoms with Gasteiger partial charge >= 0.3 is 0 Å². The first kappa shape index (κ1) is 15.9. The molecule has 0 spiro atoms. The fraction of sp³-hybridized carbons (Fsp3) is 0.500. The highest BCUT2D eigenvalue weighted by Gasteiger charge is 2.19. The number of rotatable bonds is 3. The Morgan fingerprint density at radius 1 is 1.32 bits per heavy atom. The second-order valence-electron chi connectivity index (χ2n) is 4.99. The van der Waals surface area contributed by atoms with E-state index >= 15 is 0 Å². The maximum Gasteiger partial charge on any atom is 0.224 e. The number of nitrogens with one attached hydrogen (secondary N) is 1. The van der Waals surface area contributed by atoms with Crippen molar-refractivity contribution in [1.82, 2.24) is 5.32 Å². The number of benzene rings is 1. The van der Waals surface area contributed by atoms with E-state index in [-0.39, 0.29) is 42.6 Å². The predicted octanol–water partition coefficient (Wildman–Crippen LogP) is 2.18. The fourth-order valence-electron chi connectivity index (χ4n) is 2.37. The Morgan fingerprint density at radius 2 is 2.00 bits per heavy atom. The monoisotopic (exact) mass is 286 g/mol. The standard InChI is InChI=1S/C14H19FN2O.ClH/c15-11-3-1-2-10(8-11)9-14(18)17-13-6-4-12(16)5-7-13;/h1-3,8,12-13H,4-7,9,16H2,(H,17,18);1H. The number of halogens is 2. The molecule has 0 bridgehead atoms. The SMILES string of the molecule is Cl.NC1CCC(NC(=O)Cc2cccc(F)c2)CC1.